The molecule has 3 heteroatoms. The molecule has 0 saturated heterocycles. The van der Waals surface area contributed by atoms with Crippen LogP contribution in [0.1, 0.15) is 43.5 Å². The number of amides is 1. The molecule has 0 radical (unpaired) electrons. The van der Waals surface area contributed by atoms with E-state index in [1.54, 1.807) is 0 Å². The third-order valence-corrected chi connectivity index (χ3v) is 4.10. The van der Waals surface area contributed by atoms with E-state index in [1.165, 1.54) is 5.56 Å². The van der Waals surface area contributed by atoms with Gasteiger partial charge in [-0.1, -0.05) is 32.0 Å². The zero-order valence-corrected chi connectivity index (χ0v) is 14.1. The van der Waals surface area contributed by atoms with Gasteiger partial charge in [0.1, 0.15) is 0 Å². The lowest BCUT2D eigenvalue weighted by atomic mass is 9.99. The molecule has 3 nitrogen and oxygen atoms in total. The molecule has 0 unspecified atom stereocenters. The largest absolute Gasteiger partial charge is 0.356 e. The van der Waals surface area contributed by atoms with Crippen LogP contribution in [-0.4, -0.2) is 17.4 Å². The normalized spacial score (nSPS) is 11.1. The first-order chi connectivity index (χ1) is 10.5. The van der Waals surface area contributed by atoms with Crippen molar-refractivity contribution in [1.82, 2.24) is 10.3 Å². The lowest BCUT2D eigenvalue weighted by Crippen LogP contribution is -2.27. The van der Waals surface area contributed by atoms with Gasteiger partial charge in [0.05, 0.1) is 11.9 Å². The van der Waals surface area contributed by atoms with Gasteiger partial charge in [-0.2, -0.15) is 0 Å². The third-order valence-electron chi connectivity index (χ3n) is 4.10. The summed E-state index contributed by atoms with van der Waals surface area (Å²) in [6.07, 6.45) is 2.60. The molecule has 1 N–H and O–H groups in total. The van der Waals surface area contributed by atoms with Gasteiger partial charge < -0.3 is 5.32 Å². The van der Waals surface area contributed by atoms with E-state index in [-0.39, 0.29) is 5.91 Å². The van der Waals surface area contributed by atoms with Crippen LogP contribution < -0.4 is 5.32 Å². The molecule has 1 aromatic carbocycles. The summed E-state index contributed by atoms with van der Waals surface area (Å²) < 4.78 is 0. The summed E-state index contributed by atoms with van der Waals surface area (Å²) in [6.45, 7) is 9.24. The number of pyridine rings is 1. The minimum Gasteiger partial charge on any atom is -0.356 e. The Morgan fingerprint density at radius 1 is 1.23 bits per heavy atom. The Hall–Kier alpha value is -1.90. The fourth-order valence-electron chi connectivity index (χ4n) is 2.79. The molecule has 1 amide bonds. The molecule has 118 valence electrons. The summed E-state index contributed by atoms with van der Waals surface area (Å²) in [6, 6.07) is 8.10. The second-order valence-corrected chi connectivity index (χ2v) is 6.38. The van der Waals surface area contributed by atoms with Crippen molar-refractivity contribution in [2.75, 3.05) is 6.54 Å². The standard InChI is InChI=1S/C19H26N2O/c1-13(2)8-7-11-20-19(22)12-17-14(3)16-9-5-6-10-18(16)21-15(17)4/h5-6,9-10,13H,7-8,11-12H2,1-4H3,(H,20,22). The molecule has 0 fully saturated rings. The maximum absolute atomic E-state index is 12.2. The van der Waals surface area contributed by atoms with Gasteiger partial charge in [0.2, 0.25) is 5.91 Å². The second-order valence-electron chi connectivity index (χ2n) is 6.38. The van der Waals surface area contributed by atoms with Crippen LogP contribution >= 0.6 is 0 Å². The average molecular weight is 298 g/mol. The highest BCUT2D eigenvalue weighted by Gasteiger charge is 2.12. The Morgan fingerprint density at radius 2 is 1.95 bits per heavy atom. The first-order valence-electron chi connectivity index (χ1n) is 8.10. The topological polar surface area (TPSA) is 42.0 Å². The van der Waals surface area contributed by atoms with E-state index in [0.717, 1.165) is 41.5 Å². The number of carbonyl (C=O) groups excluding carboxylic acids is 1. The van der Waals surface area contributed by atoms with Crippen molar-refractivity contribution in [2.24, 2.45) is 5.92 Å². The highest BCUT2D eigenvalue weighted by atomic mass is 16.1. The van der Waals surface area contributed by atoms with Gasteiger partial charge in [0.25, 0.3) is 0 Å². The molecule has 22 heavy (non-hydrogen) atoms. The molecular formula is C19H26N2O. The third kappa shape index (κ3) is 4.06. The smallest absolute Gasteiger partial charge is 0.224 e. The van der Waals surface area contributed by atoms with Gasteiger partial charge in [0, 0.05) is 17.6 Å². The molecule has 1 aromatic heterocycles. The SMILES string of the molecule is Cc1nc2ccccc2c(C)c1CC(=O)NCCCC(C)C. The Morgan fingerprint density at radius 3 is 2.68 bits per heavy atom. The predicted octanol–water partition coefficient (Wildman–Crippen LogP) is 3.95. The van der Waals surface area contributed by atoms with Crippen LogP contribution in [0.3, 0.4) is 0 Å². The van der Waals surface area contributed by atoms with Crippen molar-refractivity contribution in [2.45, 2.75) is 47.0 Å². The van der Waals surface area contributed by atoms with Gasteiger partial charge in [-0.25, -0.2) is 0 Å². The van der Waals surface area contributed by atoms with E-state index in [9.17, 15) is 4.79 Å². The highest BCUT2D eigenvalue weighted by Crippen LogP contribution is 2.22. The van der Waals surface area contributed by atoms with Gasteiger partial charge in [-0.3, -0.25) is 9.78 Å². The van der Waals surface area contributed by atoms with Gasteiger partial charge in [0.15, 0.2) is 0 Å². The van der Waals surface area contributed by atoms with Crippen LogP contribution in [0.5, 0.6) is 0 Å². The van der Waals surface area contributed by atoms with E-state index in [2.05, 4.69) is 37.1 Å². The number of nitrogens with zero attached hydrogens (tertiary/aromatic N) is 1. The molecule has 0 saturated carbocycles. The lowest BCUT2D eigenvalue weighted by Gasteiger charge is -2.13. The fourth-order valence-corrected chi connectivity index (χ4v) is 2.79. The van der Waals surface area contributed by atoms with Crippen molar-refractivity contribution in [3.63, 3.8) is 0 Å². The van der Waals surface area contributed by atoms with Crippen molar-refractivity contribution in [1.29, 1.82) is 0 Å². The van der Waals surface area contributed by atoms with Gasteiger partial charge in [-0.15, -0.1) is 0 Å². The molecule has 2 aromatic rings. The molecular weight excluding hydrogens is 272 g/mol. The van der Waals surface area contributed by atoms with Gasteiger partial charge in [-0.05, 0) is 49.8 Å². The van der Waals surface area contributed by atoms with E-state index < -0.39 is 0 Å². The number of benzene rings is 1. The highest BCUT2D eigenvalue weighted by molar-refractivity contribution is 5.86. The van der Waals surface area contributed by atoms with Crippen molar-refractivity contribution >= 4 is 16.8 Å². The number of hydrogen-bond acceptors (Lipinski definition) is 2. The Labute approximate surface area is 133 Å². The Balaban J connectivity index is 2.06. The maximum Gasteiger partial charge on any atom is 0.224 e. The monoisotopic (exact) mass is 298 g/mol. The number of para-hydroxylation sites is 1. The summed E-state index contributed by atoms with van der Waals surface area (Å²) in [4.78, 5) is 16.8. The number of carbonyl (C=O) groups is 1. The Kier molecular flexibility index (Phi) is 5.53. The first kappa shape index (κ1) is 16.5. The number of rotatable bonds is 6. The maximum atomic E-state index is 12.2. The molecule has 0 spiro atoms. The van der Waals surface area contributed by atoms with E-state index in [1.807, 2.05) is 25.1 Å². The summed E-state index contributed by atoms with van der Waals surface area (Å²) >= 11 is 0. The number of aromatic nitrogens is 1. The minimum absolute atomic E-state index is 0.0898. The van der Waals surface area contributed by atoms with E-state index in [0.29, 0.717) is 12.3 Å². The van der Waals surface area contributed by atoms with Crippen molar-refractivity contribution in [3.05, 3.63) is 41.1 Å². The molecule has 0 aliphatic rings. The number of fused-ring (bicyclic) bond motifs is 1. The molecule has 0 aliphatic carbocycles. The summed E-state index contributed by atoms with van der Waals surface area (Å²) in [5.41, 5.74) is 4.17. The Bertz CT molecular complexity index is 662. The summed E-state index contributed by atoms with van der Waals surface area (Å²) in [5, 5.41) is 4.16. The zero-order valence-electron chi connectivity index (χ0n) is 14.1. The van der Waals surface area contributed by atoms with Crippen molar-refractivity contribution < 1.29 is 4.79 Å². The number of aryl methyl sites for hydroxylation is 2. The quantitative estimate of drug-likeness (QED) is 0.821. The van der Waals surface area contributed by atoms with Crippen LogP contribution in [0.4, 0.5) is 0 Å². The van der Waals surface area contributed by atoms with Crippen molar-refractivity contribution in [3.8, 4) is 0 Å². The predicted molar refractivity (Wildman–Crippen MR) is 92.0 cm³/mol. The molecule has 0 bridgehead atoms. The van der Waals surface area contributed by atoms with Crippen LogP contribution in [-0.2, 0) is 11.2 Å². The zero-order chi connectivity index (χ0) is 16.1. The summed E-state index contributed by atoms with van der Waals surface area (Å²) in [5.74, 6) is 0.776. The van der Waals surface area contributed by atoms with E-state index in [4.69, 9.17) is 0 Å². The number of hydrogen-bond donors (Lipinski definition) is 1. The van der Waals surface area contributed by atoms with Crippen LogP contribution in [0.2, 0.25) is 0 Å². The van der Waals surface area contributed by atoms with E-state index >= 15 is 0 Å². The molecule has 2 rings (SSSR count). The minimum atomic E-state index is 0.0898. The first-order valence-corrected chi connectivity index (χ1v) is 8.10. The van der Waals surface area contributed by atoms with Crippen LogP contribution in [0.15, 0.2) is 24.3 Å². The number of nitrogens with one attached hydrogen (secondary N) is 1. The molecule has 0 atom stereocenters. The van der Waals surface area contributed by atoms with Crippen LogP contribution in [0, 0.1) is 19.8 Å². The van der Waals surface area contributed by atoms with Crippen LogP contribution in [0.25, 0.3) is 10.9 Å². The summed E-state index contributed by atoms with van der Waals surface area (Å²) in [7, 11) is 0. The van der Waals surface area contributed by atoms with Gasteiger partial charge >= 0.3 is 0 Å². The molecule has 1 heterocycles. The average Bonchev–Trinajstić information content (AvgIpc) is 2.48. The fraction of sp³-hybridized carbons (Fsp3) is 0.474. The molecule has 0 aliphatic heterocycles. The lowest BCUT2D eigenvalue weighted by molar-refractivity contribution is -0.120. The second kappa shape index (κ2) is 7.39.